The first-order valence-electron chi connectivity index (χ1n) is 7.01. The number of nitrogens with one attached hydrogen (secondary N) is 2. The van der Waals surface area contributed by atoms with Crippen LogP contribution in [-0.4, -0.2) is 29.2 Å². The lowest BCUT2D eigenvalue weighted by molar-refractivity contribution is 0.167. The molecule has 21 heavy (non-hydrogen) atoms. The first-order chi connectivity index (χ1) is 10.3. The molecule has 0 saturated carbocycles. The van der Waals surface area contributed by atoms with Gasteiger partial charge in [-0.25, -0.2) is 14.4 Å². The molecule has 1 aromatic heterocycles. The first kappa shape index (κ1) is 13.8. The van der Waals surface area contributed by atoms with Crippen LogP contribution in [0.15, 0.2) is 36.8 Å². The highest BCUT2D eigenvalue weighted by Crippen LogP contribution is 2.29. The molecule has 1 aliphatic heterocycles. The Morgan fingerprint density at radius 2 is 2.29 bits per heavy atom. The predicted octanol–water partition coefficient (Wildman–Crippen LogP) is 2.49. The van der Waals surface area contributed by atoms with Crippen molar-refractivity contribution in [3.63, 3.8) is 0 Å². The van der Waals surface area contributed by atoms with Crippen molar-refractivity contribution in [2.75, 3.05) is 18.4 Å². The standard InChI is InChI=1S/C15H17FN4O/c16-11-3-4-13(20-15-5-7-18-10-19-15)14(8-11)21-12-2-1-6-17-9-12/h3-5,7-8,10,12,17H,1-2,6,9H2,(H,18,19,20)/t12-/m1/s1. The molecule has 0 bridgehead atoms. The molecule has 1 fully saturated rings. The SMILES string of the molecule is Fc1ccc(Nc2ccncn2)c(O[C@@H]2CCCNC2)c1. The molecule has 0 aliphatic carbocycles. The molecular formula is C15H17FN4O. The Balaban J connectivity index is 1.79. The summed E-state index contributed by atoms with van der Waals surface area (Å²) in [6.07, 6.45) is 5.19. The summed E-state index contributed by atoms with van der Waals surface area (Å²) in [7, 11) is 0. The van der Waals surface area contributed by atoms with Crippen LogP contribution in [0, 0.1) is 5.82 Å². The maximum absolute atomic E-state index is 13.5. The molecule has 0 spiro atoms. The van der Waals surface area contributed by atoms with Crippen LogP contribution in [-0.2, 0) is 0 Å². The summed E-state index contributed by atoms with van der Waals surface area (Å²) in [5.41, 5.74) is 0.695. The van der Waals surface area contributed by atoms with E-state index in [1.165, 1.54) is 18.5 Å². The third kappa shape index (κ3) is 3.66. The second-order valence-corrected chi connectivity index (χ2v) is 4.95. The molecule has 0 amide bonds. The lowest BCUT2D eigenvalue weighted by atomic mass is 10.1. The van der Waals surface area contributed by atoms with Crippen molar-refractivity contribution in [1.82, 2.24) is 15.3 Å². The molecule has 5 nitrogen and oxygen atoms in total. The van der Waals surface area contributed by atoms with Gasteiger partial charge in [0.25, 0.3) is 0 Å². The lowest BCUT2D eigenvalue weighted by Crippen LogP contribution is -2.37. The van der Waals surface area contributed by atoms with Gasteiger partial charge in [0.2, 0.25) is 0 Å². The van der Waals surface area contributed by atoms with Gasteiger partial charge in [-0.05, 0) is 37.6 Å². The molecule has 6 heteroatoms. The van der Waals surface area contributed by atoms with Crippen LogP contribution in [0.2, 0.25) is 0 Å². The van der Waals surface area contributed by atoms with E-state index in [9.17, 15) is 4.39 Å². The molecule has 2 heterocycles. The number of piperidine rings is 1. The summed E-state index contributed by atoms with van der Waals surface area (Å²) in [6.45, 7) is 1.79. The van der Waals surface area contributed by atoms with Crippen LogP contribution >= 0.6 is 0 Å². The summed E-state index contributed by atoms with van der Waals surface area (Å²) in [4.78, 5) is 7.97. The van der Waals surface area contributed by atoms with E-state index in [0.29, 0.717) is 17.3 Å². The second-order valence-electron chi connectivity index (χ2n) is 4.95. The van der Waals surface area contributed by atoms with Crippen LogP contribution < -0.4 is 15.4 Å². The molecule has 3 rings (SSSR count). The molecule has 110 valence electrons. The van der Waals surface area contributed by atoms with E-state index < -0.39 is 0 Å². The maximum atomic E-state index is 13.5. The van der Waals surface area contributed by atoms with Crippen molar-refractivity contribution in [2.45, 2.75) is 18.9 Å². The van der Waals surface area contributed by atoms with E-state index in [0.717, 1.165) is 25.9 Å². The van der Waals surface area contributed by atoms with E-state index in [1.807, 2.05) is 0 Å². The lowest BCUT2D eigenvalue weighted by Gasteiger charge is -2.25. The van der Waals surface area contributed by atoms with Crippen molar-refractivity contribution in [3.8, 4) is 5.75 Å². The third-order valence-electron chi connectivity index (χ3n) is 3.33. The predicted molar refractivity (Wildman–Crippen MR) is 78.2 cm³/mol. The van der Waals surface area contributed by atoms with Crippen molar-refractivity contribution >= 4 is 11.5 Å². The average molecular weight is 288 g/mol. The van der Waals surface area contributed by atoms with Gasteiger partial charge in [0.15, 0.2) is 0 Å². The van der Waals surface area contributed by atoms with E-state index in [2.05, 4.69) is 20.6 Å². The highest BCUT2D eigenvalue weighted by molar-refractivity contribution is 5.63. The highest BCUT2D eigenvalue weighted by Gasteiger charge is 2.17. The summed E-state index contributed by atoms with van der Waals surface area (Å²) in [5, 5.41) is 6.41. The number of aromatic nitrogens is 2. The van der Waals surface area contributed by atoms with Crippen LogP contribution in [0.25, 0.3) is 0 Å². The van der Waals surface area contributed by atoms with Gasteiger partial charge in [-0.2, -0.15) is 0 Å². The number of ether oxygens (including phenoxy) is 1. The smallest absolute Gasteiger partial charge is 0.146 e. The topological polar surface area (TPSA) is 59.1 Å². The van der Waals surface area contributed by atoms with Crippen LogP contribution in [0.4, 0.5) is 15.9 Å². The fourth-order valence-corrected chi connectivity index (χ4v) is 2.30. The zero-order chi connectivity index (χ0) is 14.5. The van der Waals surface area contributed by atoms with Crippen molar-refractivity contribution in [2.24, 2.45) is 0 Å². The van der Waals surface area contributed by atoms with Crippen LogP contribution in [0.5, 0.6) is 5.75 Å². The molecule has 2 N–H and O–H groups in total. The number of hydrogen-bond acceptors (Lipinski definition) is 5. The Morgan fingerprint density at radius 1 is 1.33 bits per heavy atom. The third-order valence-corrected chi connectivity index (χ3v) is 3.33. The number of benzene rings is 1. The van der Waals surface area contributed by atoms with Gasteiger partial charge in [0.1, 0.15) is 29.8 Å². The van der Waals surface area contributed by atoms with Crippen LogP contribution in [0.1, 0.15) is 12.8 Å². The minimum Gasteiger partial charge on any atom is -0.487 e. The Hall–Kier alpha value is -2.21. The number of hydrogen-bond donors (Lipinski definition) is 2. The molecule has 1 saturated heterocycles. The zero-order valence-corrected chi connectivity index (χ0v) is 11.6. The minimum atomic E-state index is -0.318. The Labute approximate surface area is 122 Å². The van der Waals surface area contributed by atoms with Gasteiger partial charge in [0.05, 0.1) is 5.69 Å². The van der Waals surface area contributed by atoms with Crippen molar-refractivity contribution in [3.05, 3.63) is 42.6 Å². The zero-order valence-electron chi connectivity index (χ0n) is 11.6. The molecule has 2 aromatic rings. The average Bonchev–Trinajstić information content (AvgIpc) is 2.52. The number of rotatable bonds is 4. The largest absolute Gasteiger partial charge is 0.487 e. The Morgan fingerprint density at radius 3 is 3.05 bits per heavy atom. The monoisotopic (exact) mass is 288 g/mol. The maximum Gasteiger partial charge on any atom is 0.146 e. The van der Waals surface area contributed by atoms with Gasteiger partial charge >= 0.3 is 0 Å². The molecular weight excluding hydrogens is 271 g/mol. The highest BCUT2D eigenvalue weighted by atomic mass is 19.1. The van der Waals surface area contributed by atoms with Crippen molar-refractivity contribution < 1.29 is 9.13 Å². The quantitative estimate of drug-likeness (QED) is 0.905. The Kier molecular flexibility index (Phi) is 4.25. The van der Waals surface area contributed by atoms with Gasteiger partial charge in [-0.1, -0.05) is 0 Å². The fourth-order valence-electron chi connectivity index (χ4n) is 2.30. The fraction of sp³-hybridized carbons (Fsp3) is 0.333. The van der Waals surface area contributed by atoms with Gasteiger partial charge in [-0.3, -0.25) is 0 Å². The molecule has 0 radical (unpaired) electrons. The Bertz CT molecular complexity index is 587. The van der Waals surface area contributed by atoms with Gasteiger partial charge in [-0.15, -0.1) is 0 Å². The summed E-state index contributed by atoms with van der Waals surface area (Å²) < 4.78 is 19.4. The summed E-state index contributed by atoms with van der Waals surface area (Å²) in [5.74, 6) is 0.826. The van der Waals surface area contributed by atoms with Crippen LogP contribution in [0.3, 0.4) is 0 Å². The van der Waals surface area contributed by atoms with E-state index in [1.54, 1.807) is 18.3 Å². The minimum absolute atomic E-state index is 0.0616. The van der Waals surface area contributed by atoms with E-state index >= 15 is 0 Å². The van der Waals surface area contributed by atoms with Gasteiger partial charge in [0, 0.05) is 18.8 Å². The molecule has 1 atom stereocenters. The second kappa shape index (κ2) is 6.49. The van der Waals surface area contributed by atoms with Gasteiger partial charge < -0.3 is 15.4 Å². The normalized spacial score (nSPS) is 18.2. The molecule has 1 aliphatic rings. The number of anilines is 2. The van der Waals surface area contributed by atoms with E-state index in [-0.39, 0.29) is 11.9 Å². The van der Waals surface area contributed by atoms with Crippen molar-refractivity contribution in [1.29, 1.82) is 0 Å². The molecule has 0 unspecified atom stereocenters. The van der Waals surface area contributed by atoms with E-state index in [4.69, 9.17) is 4.74 Å². The summed E-state index contributed by atoms with van der Waals surface area (Å²) >= 11 is 0. The molecule has 1 aromatic carbocycles. The summed E-state index contributed by atoms with van der Waals surface area (Å²) in [6, 6.07) is 6.20. The number of halogens is 1. The number of nitrogens with zero attached hydrogens (tertiary/aromatic N) is 2. The first-order valence-corrected chi connectivity index (χ1v) is 7.01.